The summed E-state index contributed by atoms with van der Waals surface area (Å²) in [5, 5.41) is 9.57. The van der Waals surface area contributed by atoms with E-state index in [0.29, 0.717) is 36.7 Å². The highest BCUT2D eigenvalue weighted by Gasteiger charge is 2.17. The minimum absolute atomic E-state index is 0.0712. The van der Waals surface area contributed by atoms with Crippen molar-refractivity contribution in [3.05, 3.63) is 131 Å². The van der Waals surface area contributed by atoms with Crippen LogP contribution in [-0.2, 0) is 24.3 Å². The Bertz CT molecular complexity index is 1990. The van der Waals surface area contributed by atoms with Gasteiger partial charge in [-0.15, -0.1) is 0 Å². The van der Waals surface area contributed by atoms with Gasteiger partial charge in [-0.3, -0.25) is 4.98 Å². The number of nitrogens with zero attached hydrogens (tertiary/aromatic N) is 4. The number of pyridine rings is 2. The molecular weight excluding hydrogens is 571 g/mol. The summed E-state index contributed by atoms with van der Waals surface area (Å²) in [4.78, 5) is 25.5. The largest absolute Gasteiger partial charge is 0.478 e. The number of benzene rings is 3. The number of rotatable bonds is 11. The van der Waals surface area contributed by atoms with Crippen LogP contribution in [0.25, 0.3) is 33.4 Å². The Kier molecular flexibility index (Phi) is 8.61. The van der Waals surface area contributed by atoms with E-state index in [2.05, 4.69) is 17.1 Å². The molecule has 3 aromatic heterocycles. The van der Waals surface area contributed by atoms with Gasteiger partial charge in [0.05, 0.1) is 28.9 Å². The Balaban J connectivity index is 1.35. The maximum absolute atomic E-state index is 14.4. The summed E-state index contributed by atoms with van der Waals surface area (Å²) in [5.74, 6) is -0.0974. The molecule has 6 rings (SSSR count). The number of carboxylic acids is 1. The van der Waals surface area contributed by atoms with Crippen LogP contribution in [0.4, 0.5) is 4.39 Å². The van der Waals surface area contributed by atoms with Crippen LogP contribution in [-0.4, -0.2) is 44.3 Å². The van der Waals surface area contributed by atoms with Gasteiger partial charge in [0.15, 0.2) is 0 Å². The van der Waals surface area contributed by atoms with Crippen molar-refractivity contribution in [2.75, 3.05) is 13.7 Å². The SMILES string of the molecule is COCCn1c(Cc2ccc(-c3cccc(OCc4ccc(C)cc4F)n3)cc2-c2ccncc2)nc2ccc(C(=O)O)cc21. The number of ether oxygens (including phenoxy) is 2. The van der Waals surface area contributed by atoms with Gasteiger partial charge >= 0.3 is 5.97 Å². The Morgan fingerprint density at radius 1 is 0.911 bits per heavy atom. The number of aromatic nitrogens is 4. The average molecular weight is 603 g/mol. The van der Waals surface area contributed by atoms with Gasteiger partial charge in [0, 0.05) is 49.7 Å². The predicted octanol–water partition coefficient (Wildman–Crippen LogP) is 7.12. The summed E-state index contributed by atoms with van der Waals surface area (Å²) >= 11 is 0. The van der Waals surface area contributed by atoms with Crippen molar-refractivity contribution >= 4 is 17.0 Å². The van der Waals surface area contributed by atoms with Gasteiger partial charge in [-0.1, -0.05) is 30.3 Å². The number of halogens is 1. The lowest BCUT2D eigenvalue weighted by Gasteiger charge is -2.14. The highest BCUT2D eigenvalue weighted by molar-refractivity contribution is 5.92. The van der Waals surface area contributed by atoms with Crippen molar-refractivity contribution in [3.8, 4) is 28.3 Å². The lowest BCUT2D eigenvalue weighted by atomic mass is 9.94. The maximum atomic E-state index is 14.4. The third-order valence-corrected chi connectivity index (χ3v) is 7.65. The second kappa shape index (κ2) is 13.1. The van der Waals surface area contributed by atoms with Crippen LogP contribution < -0.4 is 4.74 Å². The number of carbonyl (C=O) groups is 1. The van der Waals surface area contributed by atoms with Crippen molar-refractivity contribution in [2.24, 2.45) is 0 Å². The van der Waals surface area contributed by atoms with Gasteiger partial charge in [0.2, 0.25) is 5.88 Å². The molecule has 0 bridgehead atoms. The van der Waals surface area contributed by atoms with Crippen LogP contribution in [0.5, 0.6) is 5.88 Å². The molecule has 0 amide bonds. The molecule has 0 aliphatic carbocycles. The van der Waals surface area contributed by atoms with E-state index < -0.39 is 5.97 Å². The van der Waals surface area contributed by atoms with Crippen molar-refractivity contribution in [2.45, 2.75) is 26.5 Å². The lowest BCUT2D eigenvalue weighted by molar-refractivity contribution is 0.0697. The topological polar surface area (TPSA) is 99.4 Å². The van der Waals surface area contributed by atoms with E-state index in [1.165, 1.54) is 6.07 Å². The molecule has 6 aromatic rings. The van der Waals surface area contributed by atoms with E-state index in [1.807, 2.05) is 47.9 Å². The zero-order valence-electron chi connectivity index (χ0n) is 24.9. The molecule has 0 atom stereocenters. The van der Waals surface area contributed by atoms with E-state index >= 15 is 0 Å². The van der Waals surface area contributed by atoms with E-state index in [1.54, 1.807) is 49.8 Å². The van der Waals surface area contributed by atoms with Crippen LogP contribution in [0.3, 0.4) is 0 Å². The Morgan fingerprint density at radius 2 is 1.73 bits per heavy atom. The average Bonchev–Trinajstić information content (AvgIpc) is 3.40. The minimum Gasteiger partial charge on any atom is -0.478 e. The predicted molar refractivity (Wildman–Crippen MR) is 170 cm³/mol. The van der Waals surface area contributed by atoms with E-state index in [0.717, 1.165) is 44.7 Å². The van der Waals surface area contributed by atoms with Gasteiger partial charge < -0.3 is 19.1 Å². The number of methoxy groups -OCH3 is 1. The van der Waals surface area contributed by atoms with Crippen LogP contribution in [0.15, 0.2) is 97.3 Å². The quantitative estimate of drug-likeness (QED) is 0.169. The summed E-state index contributed by atoms with van der Waals surface area (Å²) < 4.78 is 27.6. The Labute approximate surface area is 259 Å². The molecule has 0 unspecified atom stereocenters. The van der Waals surface area contributed by atoms with Crippen LogP contribution in [0, 0.1) is 12.7 Å². The first-order valence-electron chi connectivity index (χ1n) is 14.5. The molecule has 45 heavy (non-hydrogen) atoms. The molecule has 0 saturated carbocycles. The molecule has 0 saturated heterocycles. The first-order valence-corrected chi connectivity index (χ1v) is 14.5. The normalized spacial score (nSPS) is 11.2. The molecule has 9 heteroatoms. The summed E-state index contributed by atoms with van der Waals surface area (Å²) in [6.07, 6.45) is 4.01. The van der Waals surface area contributed by atoms with Crippen LogP contribution >= 0.6 is 0 Å². The molecule has 0 spiro atoms. The number of aryl methyl sites for hydroxylation is 1. The molecule has 0 aliphatic rings. The second-order valence-electron chi connectivity index (χ2n) is 10.7. The highest BCUT2D eigenvalue weighted by atomic mass is 19.1. The third-order valence-electron chi connectivity index (χ3n) is 7.65. The smallest absolute Gasteiger partial charge is 0.335 e. The molecule has 0 fully saturated rings. The molecule has 1 N–H and O–H groups in total. The fourth-order valence-electron chi connectivity index (χ4n) is 5.31. The van der Waals surface area contributed by atoms with Gasteiger partial charge in [-0.25, -0.2) is 19.2 Å². The molecule has 8 nitrogen and oxygen atoms in total. The number of hydrogen-bond donors (Lipinski definition) is 1. The number of imidazole rings is 1. The molecule has 0 radical (unpaired) electrons. The summed E-state index contributed by atoms with van der Waals surface area (Å²) in [6, 6.07) is 25.6. The standard InChI is InChI=1S/C36H31FN4O4/c1-23-6-7-28(30(37)18-23)22-45-35-5-3-4-31(40-35)26-9-8-25(29(19-26)24-12-14-38-15-13-24)21-34-39-32-11-10-27(36(42)43)20-33(32)41(34)16-17-44-2/h3-15,18-20H,16-17,21-22H2,1-2H3,(H,42,43). The first kappa shape index (κ1) is 29.7. The van der Waals surface area contributed by atoms with Gasteiger partial charge in [0.1, 0.15) is 18.2 Å². The van der Waals surface area contributed by atoms with Crippen molar-refractivity contribution < 1.29 is 23.8 Å². The molecule has 0 aliphatic heterocycles. The number of hydrogen-bond acceptors (Lipinski definition) is 6. The third kappa shape index (κ3) is 6.58. The minimum atomic E-state index is -0.987. The number of aromatic carboxylic acids is 1. The lowest BCUT2D eigenvalue weighted by Crippen LogP contribution is -2.10. The summed E-state index contributed by atoms with van der Waals surface area (Å²) in [7, 11) is 1.64. The molecular formula is C36H31FN4O4. The van der Waals surface area contributed by atoms with Gasteiger partial charge in [-0.05, 0) is 77.7 Å². The molecule has 3 heterocycles. The van der Waals surface area contributed by atoms with Crippen LogP contribution in [0.1, 0.15) is 32.9 Å². The summed E-state index contributed by atoms with van der Waals surface area (Å²) in [6.45, 7) is 2.89. The number of carboxylic acid groups (broad SMARTS) is 1. The Hall–Kier alpha value is -5.41. The summed E-state index contributed by atoms with van der Waals surface area (Å²) in [5.41, 5.74) is 7.59. The maximum Gasteiger partial charge on any atom is 0.335 e. The zero-order valence-corrected chi connectivity index (χ0v) is 24.9. The second-order valence-corrected chi connectivity index (χ2v) is 10.7. The fraction of sp³-hybridized carbons (Fsp3) is 0.167. The van der Waals surface area contributed by atoms with E-state index in [4.69, 9.17) is 19.4 Å². The fourth-order valence-corrected chi connectivity index (χ4v) is 5.31. The van der Waals surface area contributed by atoms with Crippen molar-refractivity contribution in [1.29, 1.82) is 0 Å². The number of fused-ring (bicyclic) bond motifs is 1. The van der Waals surface area contributed by atoms with E-state index in [-0.39, 0.29) is 18.0 Å². The van der Waals surface area contributed by atoms with Crippen molar-refractivity contribution in [3.63, 3.8) is 0 Å². The monoisotopic (exact) mass is 602 g/mol. The Morgan fingerprint density at radius 3 is 2.51 bits per heavy atom. The van der Waals surface area contributed by atoms with Gasteiger partial charge in [-0.2, -0.15) is 0 Å². The van der Waals surface area contributed by atoms with Crippen molar-refractivity contribution in [1.82, 2.24) is 19.5 Å². The highest BCUT2D eigenvalue weighted by Crippen LogP contribution is 2.32. The van der Waals surface area contributed by atoms with Crippen LogP contribution in [0.2, 0.25) is 0 Å². The van der Waals surface area contributed by atoms with E-state index in [9.17, 15) is 14.3 Å². The molecule has 226 valence electrons. The first-order chi connectivity index (χ1) is 21.9. The van der Waals surface area contributed by atoms with Gasteiger partial charge in [0.25, 0.3) is 0 Å². The zero-order chi connectivity index (χ0) is 31.3. The molecule has 3 aromatic carbocycles.